The third-order valence-electron chi connectivity index (χ3n) is 4.40. The average Bonchev–Trinajstić information content (AvgIpc) is 2.66. The molecule has 0 amide bonds. The highest BCUT2D eigenvalue weighted by Crippen LogP contribution is 2.19. The maximum absolute atomic E-state index is 3.50. The molecule has 0 aromatic heterocycles. The largest absolute Gasteiger partial charge is 0.383 e. The number of nitrogens with one attached hydrogen (secondary N) is 2. The van der Waals surface area contributed by atoms with E-state index in [0.717, 1.165) is 24.2 Å². The number of benzene rings is 3. The van der Waals surface area contributed by atoms with Crippen LogP contribution >= 0.6 is 0 Å². The van der Waals surface area contributed by atoms with Crippen molar-refractivity contribution >= 4 is 17.1 Å². The van der Waals surface area contributed by atoms with Crippen LogP contribution in [-0.2, 0) is 6.42 Å². The van der Waals surface area contributed by atoms with Crippen molar-refractivity contribution in [3.05, 3.63) is 90.0 Å². The van der Waals surface area contributed by atoms with Gasteiger partial charge < -0.3 is 10.6 Å². The van der Waals surface area contributed by atoms with Gasteiger partial charge in [0.1, 0.15) is 0 Å². The molecule has 3 aromatic carbocycles. The van der Waals surface area contributed by atoms with Gasteiger partial charge >= 0.3 is 0 Å². The van der Waals surface area contributed by atoms with Gasteiger partial charge in [0.15, 0.2) is 0 Å². The second-order valence-electron chi connectivity index (χ2n) is 6.52. The van der Waals surface area contributed by atoms with Crippen LogP contribution in [0.2, 0.25) is 0 Å². The van der Waals surface area contributed by atoms with E-state index in [2.05, 4.69) is 85.1 Å². The molecule has 3 rings (SSSR count). The van der Waals surface area contributed by atoms with Crippen LogP contribution in [0.25, 0.3) is 0 Å². The molecular weight excluding hydrogens is 304 g/mol. The lowest BCUT2D eigenvalue weighted by Gasteiger charge is -2.13. The van der Waals surface area contributed by atoms with Crippen molar-refractivity contribution in [1.82, 2.24) is 0 Å². The van der Waals surface area contributed by atoms with Crippen molar-refractivity contribution in [3.8, 4) is 0 Å². The number of rotatable bonds is 7. The molecule has 0 aliphatic carbocycles. The minimum atomic E-state index is 0.510. The van der Waals surface area contributed by atoms with Gasteiger partial charge in [-0.3, -0.25) is 0 Å². The van der Waals surface area contributed by atoms with Crippen molar-refractivity contribution in [2.45, 2.75) is 32.7 Å². The Bertz CT molecular complexity index is 761. The zero-order valence-electron chi connectivity index (χ0n) is 15.0. The molecule has 25 heavy (non-hydrogen) atoms. The Labute approximate surface area is 150 Å². The van der Waals surface area contributed by atoms with E-state index < -0.39 is 0 Å². The first-order valence-corrected chi connectivity index (χ1v) is 8.99. The van der Waals surface area contributed by atoms with Crippen molar-refractivity contribution in [2.24, 2.45) is 0 Å². The van der Waals surface area contributed by atoms with Gasteiger partial charge in [0, 0.05) is 23.1 Å². The summed E-state index contributed by atoms with van der Waals surface area (Å²) in [5.74, 6) is 0. The van der Waals surface area contributed by atoms with Crippen molar-refractivity contribution in [2.75, 3.05) is 10.6 Å². The molecule has 2 N–H and O–H groups in total. The van der Waals surface area contributed by atoms with Crippen LogP contribution in [0.15, 0.2) is 78.9 Å². The number of hydrogen-bond donors (Lipinski definition) is 2. The minimum absolute atomic E-state index is 0.510. The van der Waals surface area contributed by atoms with E-state index >= 15 is 0 Å². The fourth-order valence-electron chi connectivity index (χ4n) is 2.74. The number of anilines is 3. The Hall–Kier alpha value is -2.74. The predicted molar refractivity (Wildman–Crippen MR) is 109 cm³/mol. The van der Waals surface area contributed by atoms with E-state index in [1.807, 2.05) is 18.2 Å². The third kappa shape index (κ3) is 5.12. The summed E-state index contributed by atoms with van der Waals surface area (Å²) in [5, 5.41) is 6.92. The summed E-state index contributed by atoms with van der Waals surface area (Å²) < 4.78 is 0. The highest BCUT2D eigenvalue weighted by molar-refractivity contribution is 5.59. The Morgan fingerprint density at radius 2 is 1.20 bits per heavy atom. The Morgan fingerprint density at radius 1 is 0.680 bits per heavy atom. The molecule has 0 saturated heterocycles. The first-order chi connectivity index (χ1) is 12.2. The third-order valence-corrected chi connectivity index (χ3v) is 4.40. The topological polar surface area (TPSA) is 24.1 Å². The smallest absolute Gasteiger partial charge is 0.0384 e. The highest BCUT2D eigenvalue weighted by atomic mass is 14.9. The molecule has 0 aliphatic heterocycles. The quantitative estimate of drug-likeness (QED) is 0.536. The lowest BCUT2D eigenvalue weighted by Crippen LogP contribution is -2.13. The van der Waals surface area contributed by atoms with Crippen LogP contribution in [0, 0.1) is 0 Å². The average molecular weight is 330 g/mol. The fourth-order valence-corrected chi connectivity index (χ4v) is 2.74. The van der Waals surface area contributed by atoms with Gasteiger partial charge in [0.05, 0.1) is 0 Å². The molecule has 0 bridgehead atoms. The molecule has 128 valence electrons. The van der Waals surface area contributed by atoms with E-state index in [0.29, 0.717) is 6.04 Å². The zero-order chi connectivity index (χ0) is 17.5. The summed E-state index contributed by atoms with van der Waals surface area (Å²) in [7, 11) is 0. The summed E-state index contributed by atoms with van der Waals surface area (Å²) >= 11 is 0. The van der Waals surface area contributed by atoms with Crippen molar-refractivity contribution in [1.29, 1.82) is 0 Å². The SMILES string of the molecule is CCC(C)Nc1ccc(Cc2ccc(Nc3ccccc3)cc2)cc1. The maximum atomic E-state index is 3.50. The van der Waals surface area contributed by atoms with E-state index in [9.17, 15) is 0 Å². The molecule has 0 fully saturated rings. The molecule has 0 aliphatic rings. The maximum Gasteiger partial charge on any atom is 0.0384 e. The van der Waals surface area contributed by atoms with E-state index in [4.69, 9.17) is 0 Å². The molecule has 0 saturated carbocycles. The van der Waals surface area contributed by atoms with Gasteiger partial charge in [-0.1, -0.05) is 49.4 Å². The number of hydrogen-bond acceptors (Lipinski definition) is 2. The van der Waals surface area contributed by atoms with Gasteiger partial charge in [-0.2, -0.15) is 0 Å². The van der Waals surface area contributed by atoms with Crippen molar-refractivity contribution in [3.63, 3.8) is 0 Å². The summed E-state index contributed by atoms with van der Waals surface area (Å²) in [6.07, 6.45) is 2.08. The van der Waals surface area contributed by atoms with Crippen LogP contribution in [0.4, 0.5) is 17.1 Å². The highest BCUT2D eigenvalue weighted by Gasteiger charge is 2.01. The molecule has 0 radical (unpaired) electrons. The standard InChI is InChI=1S/C23H26N2/c1-3-18(2)24-22-13-9-19(10-14-22)17-20-11-15-23(16-12-20)25-21-7-5-4-6-8-21/h4-16,18,24-25H,3,17H2,1-2H3. The Morgan fingerprint density at radius 3 is 1.76 bits per heavy atom. The lowest BCUT2D eigenvalue weighted by atomic mass is 10.0. The molecule has 2 heteroatoms. The van der Waals surface area contributed by atoms with E-state index in [-0.39, 0.29) is 0 Å². The zero-order valence-corrected chi connectivity index (χ0v) is 15.0. The Balaban J connectivity index is 1.59. The molecule has 2 nitrogen and oxygen atoms in total. The normalized spacial score (nSPS) is 11.8. The lowest BCUT2D eigenvalue weighted by molar-refractivity contribution is 0.764. The van der Waals surface area contributed by atoms with E-state index in [1.165, 1.54) is 16.8 Å². The van der Waals surface area contributed by atoms with E-state index in [1.54, 1.807) is 0 Å². The van der Waals surface area contributed by atoms with Gasteiger partial charge in [-0.15, -0.1) is 0 Å². The van der Waals surface area contributed by atoms with Gasteiger partial charge in [-0.05, 0) is 67.3 Å². The van der Waals surface area contributed by atoms with Crippen LogP contribution in [0.1, 0.15) is 31.4 Å². The molecule has 0 heterocycles. The predicted octanol–water partition coefficient (Wildman–Crippen LogP) is 6.23. The second kappa shape index (κ2) is 8.39. The van der Waals surface area contributed by atoms with Crippen LogP contribution < -0.4 is 10.6 Å². The molecule has 1 atom stereocenters. The van der Waals surface area contributed by atoms with Crippen LogP contribution in [-0.4, -0.2) is 6.04 Å². The van der Waals surface area contributed by atoms with Crippen LogP contribution in [0.3, 0.4) is 0 Å². The summed E-state index contributed by atoms with van der Waals surface area (Å²) in [5.41, 5.74) is 6.07. The minimum Gasteiger partial charge on any atom is -0.383 e. The Kier molecular flexibility index (Phi) is 5.73. The monoisotopic (exact) mass is 330 g/mol. The first-order valence-electron chi connectivity index (χ1n) is 8.99. The molecule has 1 unspecified atom stereocenters. The van der Waals surface area contributed by atoms with Crippen molar-refractivity contribution < 1.29 is 0 Å². The summed E-state index contributed by atoms with van der Waals surface area (Å²) in [4.78, 5) is 0. The first kappa shape index (κ1) is 17.1. The summed E-state index contributed by atoms with van der Waals surface area (Å²) in [6, 6.07) is 28.2. The number of para-hydroxylation sites is 1. The molecule has 3 aromatic rings. The van der Waals surface area contributed by atoms with Crippen LogP contribution in [0.5, 0.6) is 0 Å². The second-order valence-corrected chi connectivity index (χ2v) is 6.52. The van der Waals surface area contributed by atoms with Gasteiger partial charge in [-0.25, -0.2) is 0 Å². The van der Waals surface area contributed by atoms with Gasteiger partial charge in [0.2, 0.25) is 0 Å². The molecular formula is C23H26N2. The molecule has 0 spiro atoms. The van der Waals surface area contributed by atoms with Gasteiger partial charge in [0.25, 0.3) is 0 Å². The summed E-state index contributed by atoms with van der Waals surface area (Å²) in [6.45, 7) is 4.40. The fraction of sp³-hybridized carbons (Fsp3) is 0.217.